The van der Waals surface area contributed by atoms with Crippen LogP contribution in [0.5, 0.6) is 0 Å². The van der Waals surface area contributed by atoms with E-state index in [0.29, 0.717) is 4.68 Å². The second-order valence-corrected chi connectivity index (χ2v) is 2.24. The summed E-state index contributed by atoms with van der Waals surface area (Å²) < 4.78 is 35.6. The number of nitro groups is 1. The Morgan fingerprint density at radius 1 is 1.62 bits per heavy atom. The minimum Gasteiger partial charge on any atom is -0.358 e. The zero-order valence-corrected chi connectivity index (χ0v) is 6.15. The van der Waals surface area contributed by atoms with E-state index in [4.69, 9.17) is 0 Å². The highest BCUT2D eigenvalue weighted by Gasteiger charge is 2.30. The summed E-state index contributed by atoms with van der Waals surface area (Å²) in [6, 6.07) is 0.908. The van der Waals surface area contributed by atoms with Crippen molar-refractivity contribution in [3.8, 4) is 0 Å². The topological polar surface area (TPSA) is 61.0 Å². The third kappa shape index (κ3) is 2.73. The van der Waals surface area contributed by atoms with Crippen LogP contribution in [0.25, 0.3) is 0 Å². The smallest absolute Gasteiger partial charge is 0.358 e. The lowest BCUT2D eigenvalue weighted by Gasteiger charge is -2.01. The summed E-state index contributed by atoms with van der Waals surface area (Å²) in [7, 11) is 0. The predicted molar refractivity (Wildman–Crippen MR) is 34.9 cm³/mol. The molecule has 8 heteroatoms. The number of aromatic nitrogens is 2. The maximum absolute atomic E-state index is 11.7. The highest BCUT2D eigenvalue weighted by Crippen LogP contribution is 2.17. The molecule has 1 heterocycles. The molecule has 0 aromatic carbocycles. The van der Waals surface area contributed by atoms with Crippen molar-refractivity contribution < 1.29 is 18.1 Å². The van der Waals surface area contributed by atoms with Gasteiger partial charge in [-0.05, 0) is 4.92 Å². The van der Waals surface area contributed by atoms with E-state index >= 15 is 0 Å². The van der Waals surface area contributed by atoms with Gasteiger partial charge in [0.05, 0.1) is 17.4 Å². The van der Waals surface area contributed by atoms with Gasteiger partial charge < -0.3 is 10.1 Å². The number of alkyl halides is 3. The Hall–Kier alpha value is -1.60. The van der Waals surface area contributed by atoms with Crippen LogP contribution in [0, 0.1) is 10.1 Å². The van der Waals surface area contributed by atoms with Crippen molar-refractivity contribution in [3.05, 3.63) is 22.4 Å². The van der Waals surface area contributed by atoms with Crippen LogP contribution in [0.3, 0.4) is 0 Å². The summed E-state index contributed by atoms with van der Waals surface area (Å²) >= 11 is 0. The van der Waals surface area contributed by atoms with Crippen LogP contribution in [0.1, 0.15) is 0 Å². The van der Waals surface area contributed by atoms with Crippen molar-refractivity contribution in [2.45, 2.75) is 12.7 Å². The number of rotatable bonds is 2. The molecule has 0 bridgehead atoms. The molecule has 1 aromatic rings. The number of hydrogen-bond donors (Lipinski definition) is 0. The van der Waals surface area contributed by atoms with E-state index < -0.39 is 23.5 Å². The molecule has 0 spiro atoms. The van der Waals surface area contributed by atoms with Gasteiger partial charge >= 0.3 is 12.0 Å². The molecular weight excluding hydrogens is 191 g/mol. The summed E-state index contributed by atoms with van der Waals surface area (Å²) in [6.07, 6.45) is -3.51. The Labute approximate surface area is 69.9 Å². The number of halogens is 3. The summed E-state index contributed by atoms with van der Waals surface area (Å²) in [6.45, 7) is -1.32. The van der Waals surface area contributed by atoms with Gasteiger partial charge in [0.2, 0.25) is 0 Å². The molecule has 0 atom stereocenters. The van der Waals surface area contributed by atoms with E-state index in [1.807, 2.05) is 0 Å². The fourth-order valence-electron chi connectivity index (χ4n) is 0.720. The Morgan fingerprint density at radius 2 is 2.23 bits per heavy atom. The predicted octanol–water partition coefficient (Wildman–Crippen LogP) is 1.35. The molecule has 0 aliphatic carbocycles. The minimum atomic E-state index is -4.42. The quantitative estimate of drug-likeness (QED) is 0.528. The molecule has 0 amide bonds. The maximum Gasteiger partial charge on any atom is 0.409 e. The fraction of sp³-hybridized carbons (Fsp3) is 0.400. The second-order valence-electron chi connectivity index (χ2n) is 2.24. The van der Waals surface area contributed by atoms with E-state index in [0.717, 1.165) is 12.3 Å². The summed E-state index contributed by atoms with van der Waals surface area (Å²) in [5.74, 6) is -0.593. The lowest BCUT2D eigenvalue weighted by molar-refractivity contribution is -0.389. The van der Waals surface area contributed by atoms with Gasteiger partial charge in [0.1, 0.15) is 0 Å². The van der Waals surface area contributed by atoms with Crippen LogP contribution in [0.15, 0.2) is 12.3 Å². The SMILES string of the molecule is O=[N+]([O-])c1ccn(CC(F)(F)F)n1. The normalized spacial score (nSPS) is 11.6. The lowest BCUT2D eigenvalue weighted by Crippen LogP contribution is -2.18. The molecule has 13 heavy (non-hydrogen) atoms. The first-order valence-corrected chi connectivity index (χ1v) is 3.13. The Bertz CT molecular complexity index is 319. The van der Waals surface area contributed by atoms with E-state index in [2.05, 4.69) is 5.10 Å². The number of nitrogens with zero attached hydrogens (tertiary/aromatic N) is 3. The van der Waals surface area contributed by atoms with Crippen molar-refractivity contribution in [2.75, 3.05) is 0 Å². The van der Waals surface area contributed by atoms with Crippen LogP contribution in [-0.2, 0) is 6.54 Å². The number of hydrogen-bond acceptors (Lipinski definition) is 3. The van der Waals surface area contributed by atoms with Crippen molar-refractivity contribution in [1.82, 2.24) is 9.78 Å². The first-order valence-electron chi connectivity index (χ1n) is 3.13. The van der Waals surface area contributed by atoms with Crippen molar-refractivity contribution in [2.24, 2.45) is 0 Å². The molecule has 5 nitrogen and oxygen atoms in total. The molecule has 0 saturated carbocycles. The van der Waals surface area contributed by atoms with E-state index in [-0.39, 0.29) is 0 Å². The molecule has 72 valence electrons. The van der Waals surface area contributed by atoms with Crippen LogP contribution >= 0.6 is 0 Å². The molecule has 1 rings (SSSR count). The van der Waals surface area contributed by atoms with E-state index in [9.17, 15) is 23.3 Å². The zero-order chi connectivity index (χ0) is 10.1. The highest BCUT2D eigenvalue weighted by atomic mass is 19.4. The minimum absolute atomic E-state index is 0.470. The van der Waals surface area contributed by atoms with Crippen LogP contribution in [0.4, 0.5) is 19.0 Å². The van der Waals surface area contributed by atoms with Crippen molar-refractivity contribution in [1.29, 1.82) is 0 Å². The fourth-order valence-corrected chi connectivity index (χ4v) is 0.720. The molecule has 1 aromatic heterocycles. The third-order valence-corrected chi connectivity index (χ3v) is 1.15. The molecule has 0 aliphatic rings. The largest absolute Gasteiger partial charge is 0.409 e. The van der Waals surface area contributed by atoms with Gasteiger partial charge in [0.15, 0.2) is 6.54 Å². The first-order chi connectivity index (χ1) is 5.88. The van der Waals surface area contributed by atoms with Crippen LogP contribution in [0.2, 0.25) is 0 Å². The molecule has 0 saturated heterocycles. The van der Waals surface area contributed by atoms with Crippen LogP contribution < -0.4 is 0 Å². The Balaban J connectivity index is 2.75. The summed E-state index contributed by atoms with van der Waals surface area (Å²) in [5.41, 5.74) is 0. The molecule has 0 aliphatic heterocycles. The van der Waals surface area contributed by atoms with Gasteiger partial charge in [-0.15, -0.1) is 0 Å². The average Bonchev–Trinajstić information content (AvgIpc) is 2.31. The van der Waals surface area contributed by atoms with Gasteiger partial charge in [-0.2, -0.15) is 17.9 Å². The molecule has 0 N–H and O–H groups in total. The summed E-state index contributed by atoms with van der Waals surface area (Å²) in [5, 5.41) is 13.1. The van der Waals surface area contributed by atoms with Gasteiger partial charge in [0.25, 0.3) is 0 Å². The Kier molecular flexibility index (Phi) is 2.22. The second kappa shape index (κ2) is 3.04. The average molecular weight is 195 g/mol. The Morgan fingerprint density at radius 3 is 2.62 bits per heavy atom. The van der Waals surface area contributed by atoms with E-state index in [1.54, 1.807) is 0 Å². The monoisotopic (exact) mass is 195 g/mol. The zero-order valence-electron chi connectivity index (χ0n) is 6.15. The highest BCUT2D eigenvalue weighted by molar-refractivity contribution is 5.13. The molecule has 0 radical (unpaired) electrons. The molecular formula is C5H4F3N3O2. The maximum atomic E-state index is 11.7. The van der Waals surface area contributed by atoms with Gasteiger partial charge in [0, 0.05) is 0 Å². The van der Waals surface area contributed by atoms with Gasteiger partial charge in [-0.3, -0.25) is 0 Å². The molecule has 0 unspecified atom stereocenters. The standard InChI is InChI=1S/C5H4F3N3O2/c6-5(7,8)3-10-2-1-4(9-10)11(12)13/h1-2H,3H2. The van der Waals surface area contributed by atoms with Crippen molar-refractivity contribution in [3.63, 3.8) is 0 Å². The third-order valence-electron chi connectivity index (χ3n) is 1.15. The van der Waals surface area contributed by atoms with Crippen LogP contribution in [-0.4, -0.2) is 20.9 Å². The molecule has 0 fully saturated rings. The van der Waals surface area contributed by atoms with Gasteiger partial charge in [-0.1, -0.05) is 0 Å². The van der Waals surface area contributed by atoms with Gasteiger partial charge in [-0.25, -0.2) is 0 Å². The van der Waals surface area contributed by atoms with Crippen molar-refractivity contribution >= 4 is 5.82 Å². The first kappa shape index (κ1) is 9.49. The lowest BCUT2D eigenvalue weighted by atomic mass is 10.6. The van der Waals surface area contributed by atoms with E-state index in [1.165, 1.54) is 0 Å². The summed E-state index contributed by atoms with van der Waals surface area (Å²) in [4.78, 5) is 9.17.